The second-order valence-corrected chi connectivity index (χ2v) is 13.2. The number of ketones is 1. The van der Waals surface area contributed by atoms with Crippen LogP contribution in [-0.2, 0) is 9.53 Å². The third kappa shape index (κ3) is 6.83. The minimum absolute atomic E-state index is 0.355. The molecule has 0 spiro atoms. The number of carbonyl (C=O) groups is 1. The van der Waals surface area contributed by atoms with Crippen molar-refractivity contribution in [2.24, 2.45) is 10.8 Å². The fourth-order valence-electron chi connectivity index (χ4n) is 7.44. The van der Waals surface area contributed by atoms with Gasteiger partial charge in [0.15, 0.2) is 0 Å². The molecular weight excluding hydrogens is 446 g/mol. The van der Waals surface area contributed by atoms with Gasteiger partial charge in [0, 0.05) is 63.7 Å². The zero-order valence-corrected chi connectivity index (χ0v) is 23.9. The predicted molar refractivity (Wildman–Crippen MR) is 151 cm³/mol. The van der Waals surface area contributed by atoms with Gasteiger partial charge in [0.25, 0.3) is 0 Å². The van der Waals surface area contributed by atoms with Crippen LogP contribution in [0.2, 0.25) is 0 Å². The monoisotopic (exact) mass is 497 g/mol. The number of nitrogens with zero attached hydrogens (tertiary/aromatic N) is 3. The highest BCUT2D eigenvalue weighted by atomic mass is 16.5. The number of piperidine rings is 1. The summed E-state index contributed by atoms with van der Waals surface area (Å²) in [4.78, 5) is 19.5. The molecule has 0 unspecified atom stereocenters. The van der Waals surface area contributed by atoms with E-state index in [1.54, 1.807) is 5.56 Å². The van der Waals surface area contributed by atoms with Crippen molar-refractivity contribution in [3.63, 3.8) is 0 Å². The molecule has 202 valence electrons. The molecule has 1 aromatic carbocycles. The van der Waals surface area contributed by atoms with Gasteiger partial charge in [-0.25, -0.2) is 0 Å². The van der Waals surface area contributed by atoms with Gasteiger partial charge in [-0.15, -0.1) is 0 Å². The zero-order valence-electron chi connectivity index (χ0n) is 23.9. The first kappa shape index (κ1) is 27.4. The third-order valence-electron chi connectivity index (χ3n) is 8.72. The third-order valence-corrected chi connectivity index (χ3v) is 8.72. The molecule has 0 bridgehead atoms. The fourth-order valence-corrected chi connectivity index (χ4v) is 7.44. The Morgan fingerprint density at radius 2 is 1.56 bits per heavy atom. The lowest BCUT2D eigenvalue weighted by Gasteiger charge is -2.46. The molecule has 3 fully saturated rings. The van der Waals surface area contributed by atoms with Crippen LogP contribution in [0.15, 0.2) is 18.2 Å². The number of benzene rings is 1. The first-order chi connectivity index (χ1) is 17.1. The van der Waals surface area contributed by atoms with Gasteiger partial charge in [-0.05, 0) is 79.5 Å². The molecule has 0 amide bonds. The van der Waals surface area contributed by atoms with Crippen molar-refractivity contribution in [3.8, 4) is 0 Å². The van der Waals surface area contributed by atoms with Crippen LogP contribution in [0.1, 0.15) is 91.5 Å². The maximum absolute atomic E-state index is 12.0. The molecular formula is C31H51N3O2. The normalized spacial score (nSPS) is 23.7. The number of hydrogen-bond acceptors (Lipinski definition) is 5. The number of carbonyl (C=O) groups excluding carboxylic acids is 1. The minimum Gasteiger partial charge on any atom is -0.378 e. The number of Topliss-reactive ketones (excluding diaryl/α,β-unsaturated/α-hetero) is 1. The average molecular weight is 498 g/mol. The van der Waals surface area contributed by atoms with Crippen molar-refractivity contribution in [3.05, 3.63) is 23.8 Å². The van der Waals surface area contributed by atoms with Gasteiger partial charge in [-0.3, -0.25) is 9.69 Å². The molecule has 4 rings (SSSR count). The second-order valence-electron chi connectivity index (χ2n) is 13.2. The van der Waals surface area contributed by atoms with E-state index in [-0.39, 0.29) is 0 Å². The number of hydrogen-bond donors (Lipinski definition) is 0. The van der Waals surface area contributed by atoms with E-state index >= 15 is 0 Å². The van der Waals surface area contributed by atoms with Gasteiger partial charge in [0.2, 0.25) is 0 Å². The maximum Gasteiger partial charge on any atom is 0.146 e. The maximum atomic E-state index is 12.0. The predicted octanol–water partition coefficient (Wildman–Crippen LogP) is 6.11. The van der Waals surface area contributed by atoms with Crippen molar-refractivity contribution in [2.45, 2.75) is 92.1 Å². The van der Waals surface area contributed by atoms with E-state index < -0.39 is 0 Å². The topological polar surface area (TPSA) is 36.0 Å². The molecule has 0 atom stereocenters. The van der Waals surface area contributed by atoms with E-state index in [2.05, 4.69) is 67.5 Å². The molecule has 5 nitrogen and oxygen atoms in total. The summed E-state index contributed by atoms with van der Waals surface area (Å²) in [5.74, 6) is 0.938. The first-order valence-electron chi connectivity index (χ1n) is 14.6. The van der Waals surface area contributed by atoms with Crippen LogP contribution in [-0.4, -0.2) is 69.2 Å². The number of anilines is 2. The summed E-state index contributed by atoms with van der Waals surface area (Å²) in [6, 6.07) is 7.33. The Balaban J connectivity index is 1.57. The van der Waals surface area contributed by atoms with Crippen molar-refractivity contribution in [1.82, 2.24) is 4.90 Å². The molecule has 1 aliphatic carbocycles. The summed E-state index contributed by atoms with van der Waals surface area (Å²) in [6.45, 7) is 21.5. The summed E-state index contributed by atoms with van der Waals surface area (Å²) in [7, 11) is 0. The van der Waals surface area contributed by atoms with Crippen LogP contribution in [0.5, 0.6) is 0 Å². The van der Waals surface area contributed by atoms with Crippen LogP contribution in [0.25, 0.3) is 0 Å². The minimum atomic E-state index is 0.355. The molecule has 3 aliphatic rings. The molecule has 0 radical (unpaired) electrons. The number of piperazine rings is 1. The highest BCUT2D eigenvalue weighted by Crippen LogP contribution is 2.53. The van der Waals surface area contributed by atoms with Gasteiger partial charge >= 0.3 is 0 Å². The van der Waals surface area contributed by atoms with Gasteiger partial charge in [-0.2, -0.15) is 0 Å². The summed E-state index contributed by atoms with van der Waals surface area (Å²) in [5.41, 5.74) is 5.09. The Labute approximate surface area is 220 Å². The quantitative estimate of drug-likeness (QED) is 0.433. The zero-order chi connectivity index (χ0) is 25.9. The highest BCUT2D eigenvalue weighted by molar-refractivity contribution is 5.80. The van der Waals surface area contributed by atoms with Gasteiger partial charge < -0.3 is 14.5 Å². The molecule has 0 aromatic heterocycles. The second kappa shape index (κ2) is 11.4. The van der Waals surface area contributed by atoms with Crippen molar-refractivity contribution in [2.75, 3.05) is 62.2 Å². The molecule has 36 heavy (non-hydrogen) atoms. The van der Waals surface area contributed by atoms with Gasteiger partial charge in [0.1, 0.15) is 5.78 Å². The largest absolute Gasteiger partial charge is 0.378 e. The summed E-state index contributed by atoms with van der Waals surface area (Å²) in [6.07, 6.45) is 7.09. The molecule has 1 saturated carbocycles. The standard InChI is InChI=1S/C31H51N3O2/c1-7-26(35)22-32-15-17-34(18-16-32)29-10-9-25(33-13-11-27(12-14-33)36-8-2)19-28(29)24-20-30(3,4)23-31(5,6)21-24/h9-10,19,24,27H,7-8,11-18,20-23H2,1-6H3. The molecule has 5 heteroatoms. The molecule has 2 heterocycles. The van der Waals surface area contributed by atoms with Crippen LogP contribution < -0.4 is 9.80 Å². The van der Waals surface area contributed by atoms with E-state index in [0.717, 1.165) is 58.7 Å². The van der Waals surface area contributed by atoms with E-state index in [9.17, 15) is 4.79 Å². The fraction of sp³-hybridized carbons (Fsp3) is 0.774. The van der Waals surface area contributed by atoms with Crippen LogP contribution >= 0.6 is 0 Å². The summed E-state index contributed by atoms with van der Waals surface area (Å²) < 4.78 is 5.91. The highest BCUT2D eigenvalue weighted by Gasteiger charge is 2.40. The lowest BCUT2D eigenvalue weighted by Crippen LogP contribution is -2.48. The first-order valence-corrected chi connectivity index (χ1v) is 14.6. The van der Waals surface area contributed by atoms with Gasteiger partial charge in [0.05, 0.1) is 12.6 Å². The lowest BCUT2D eigenvalue weighted by atomic mass is 9.60. The van der Waals surface area contributed by atoms with E-state index in [1.165, 1.54) is 30.6 Å². The summed E-state index contributed by atoms with van der Waals surface area (Å²) in [5, 5.41) is 0. The Morgan fingerprint density at radius 1 is 0.917 bits per heavy atom. The summed E-state index contributed by atoms with van der Waals surface area (Å²) >= 11 is 0. The Kier molecular flexibility index (Phi) is 8.71. The Hall–Kier alpha value is -1.59. The SMILES string of the molecule is CCOC1CCN(c2ccc(N3CCN(CC(=O)CC)CC3)c(C3CC(C)(C)CC(C)(C)C3)c2)CC1. The number of rotatable bonds is 8. The molecule has 1 aromatic rings. The van der Waals surface area contributed by atoms with E-state index in [1.807, 2.05) is 6.92 Å². The Morgan fingerprint density at radius 3 is 2.14 bits per heavy atom. The van der Waals surface area contributed by atoms with Gasteiger partial charge in [-0.1, -0.05) is 34.6 Å². The van der Waals surface area contributed by atoms with Crippen LogP contribution in [0.4, 0.5) is 11.4 Å². The van der Waals surface area contributed by atoms with Crippen molar-refractivity contribution >= 4 is 17.2 Å². The Bertz CT molecular complexity index is 864. The lowest BCUT2D eigenvalue weighted by molar-refractivity contribution is -0.119. The van der Waals surface area contributed by atoms with Crippen LogP contribution in [0, 0.1) is 10.8 Å². The molecule has 0 N–H and O–H groups in total. The van der Waals surface area contributed by atoms with E-state index in [0.29, 0.717) is 41.6 Å². The smallest absolute Gasteiger partial charge is 0.146 e. The molecule has 2 saturated heterocycles. The van der Waals surface area contributed by atoms with Crippen LogP contribution in [0.3, 0.4) is 0 Å². The van der Waals surface area contributed by atoms with E-state index in [4.69, 9.17) is 4.74 Å². The molecule has 2 aliphatic heterocycles. The number of ether oxygens (including phenoxy) is 1. The average Bonchev–Trinajstić information content (AvgIpc) is 2.83. The van der Waals surface area contributed by atoms with Crippen molar-refractivity contribution in [1.29, 1.82) is 0 Å². The van der Waals surface area contributed by atoms with Crippen molar-refractivity contribution < 1.29 is 9.53 Å².